The van der Waals surface area contributed by atoms with Gasteiger partial charge in [-0.2, -0.15) is 0 Å². The molecule has 1 aromatic carbocycles. The van der Waals surface area contributed by atoms with E-state index in [4.69, 9.17) is 9.26 Å². The number of hydrogen-bond donors (Lipinski definition) is 1. The molecule has 0 aliphatic rings. The maximum atomic E-state index is 10.4. The summed E-state index contributed by atoms with van der Waals surface area (Å²) in [6, 6.07) is 9.13. The minimum Gasteiger partial charge on any atom is -0.507 e. The van der Waals surface area contributed by atoms with Crippen LogP contribution >= 0.6 is 0 Å². The fourth-order valence-electron chi connectivity index (χ4n) is 2.59. The predicted octanol–water partition coefficient (Wildman–Crippen LogP) is 4.07. The Balaban J connectivity index is 2.13. The van der Waals surface area contributed by atoms with Crippen LogP contribution in [0.3, 0.4) is 0 Å². The van der Waals surface area contributed by atoms with Gasteiger partial charge in [-0.3, -0.25) is 4.98 Å². The molecule has 0 saturated carbocycles. The largest absolute Gasteiger partial charge is 0.507 e. The van der Waals surface area contributed by atoms with Crippen molar-refractivity contribution >= 4 is 0 Å². The Morgan fingerprint density at radius 3 is 2.78 bits per heavy atom. The zero-order valence-electron chi connectivity index (χ0n) is 13.1. The SMILES string of the molecule is CCCc1cc(-c2oncc2-c2ccccn2)c(O)cc1OC. The van der Waals surface area contributed by atoms with E-state index in [1.807, 2.05) is 24.3 Å². The summed E-state index contributed by atoms with van der Waals surface area (Å²) in [7, 11) is 1.60. The topological polar surface area (TPSA) is 68.4 Å². The molecule has 1 N–H and O–H groups in total. The van der Waals surface area contributed by atoms with Crippen LogP contribution in [0.1, 0.15) is 18.9 Å². The summed E-state index contributed by atoms with van der Waals surface area (Å²) >= 11 is 0. The van der Waals surface area contributed by atoms with Gasteiger partial charge in [-0.15, -0.1) is 0 Å². The Kier molecular flexibility index (Phi) is 4.28. The van der Waals surface area contributed by atoms with E-state index in [-0.39, 0.29) is 5.75 Å². The zero-order valence-corrected chi connectivity index (χ0v) is 13.1. The number of phenols is 1. The van der Waals surface area contributed by atoms with E-state index in [9.17, 15) is 5.11 Å². The molecule has 0 fully saturated rings. The van der Waals surface area contributed by atoms with Gasteiger partial charge in [0.25, 0.3) is 0 Å². The van der Waals surface area contributed by atoms with Crippen LogP contribution in [0.4, 0.5) is 0 Å². The number of aryl methyl sites for hydroxylation is 1. The summed E-state index contributed by atoms with van der Waals surface area (Å²) in [5, 5.41) is 14.2. The van der Waals surface area contributed by atoms with Crippen LogP contribution in [0.2, 0.25) is 0 Å². The number of hydrogen-bond acceptors (Lipinski definition) is 5. The third-order valence-electron chi connectivity index (χ3n) is 3.67. The second kappa shape index (κ2) is 6.52. The Hall–Kier alpha value is -2.82. The summed E-state index contributed by atoms with van der Waals surface area (Å²) in [6.07, 6.45) is 5.15. The van der Waals surface area contributed by atoms with Gasteiger partial charge < -0.3 is 14.4 Å². The van der Waals surface area contributed by atoms with Gasteiger partial charge in [0.15, 0.2) is 5.76 Å². The Morgan fingerprint density at radius 2 is 2.09 bits per heavy atom. The number of rotatable bonds is 5. The second-order valence-electron chi connectivity index (χ2n) is 5.21. The van der Waals surface area contributed by atoms with E-state index >= 15 is 0 Å². The monoisotopic (exact) mass is 310 g/mol. The standard InChI is InChI=1S/C18H18N2O3/c1-3-6-12-9-13(16(21)10-17(12)22-2)18-14(11-20-23-18)15-7-4-5-8-19-15/h4-5,7-11,21H,3,6H2,1-2H3. The lowest BCUT2D eigenvalue weighted by Gasteiger charge is -2.11. The minimum absolute atomic E-state index is 0.0932. The van der Waals surface area contributed by atoms with Crippen LogP contribution in [0.25, 0.3) is 22.6 Å². The third-order valence-corrected chi connectivity index (χ3v) is 3.67. The van der Waals surface area contributed by atoms with Crippen LogP contribution in [0.5, 0.6) is 11.5 Å². The Bertz CT molecular complexity index is 797. The average molecular weight is 310 g/mol. The van der Waals surface area contributed by atoms with Crippen LogP contribution < -0.4 is 4.74 Å². The van der Waals surface area contributed by atoms with Crippen molar-refractivity contribution in [1.82, 2.24) is 10.1 Å². The number of benzene rings is 1. The first-order valence-electron chi connectivity index (χ1n) is 7.51. The van der Waals surface area contributed by atoms with Crippen LogP contribution in [-0.4, -0.2) is 22.4 Å². The van der Waals surface area contributed by atoms with Crippen molar-refractivity contribution in [3.63, 3.8) is 0 Å². The fraction of sp³-hybridized carbons (Fsp3) is 0.222. The molecule has 5 heteroatoms. The molecule has 3 aromatic rings. The van der Waals surface area contributed by atoms with Crippen LogP contribution in [0, 0.1) is 0 Å². The maximum absolute atomic E-state index is 10.4. The number of pyridine rings is 1. The highest BCUT2D eigenvalue weighted by molar-refractivity contribution is 5.81. The van der Waals surface area contributed by atoms with E-state index in [0.717, 1.165) is 29.7 Å². The number of aromatic hydroxyl groups is 1. The van der Waals surface area contributed by atoms with Crippen LogP contribution in [-0.2, 0) is 6.42 Å². The normalized spacial score (nSPS) is 10.7. The molecule has 0 radical (unpaired) electrons. The highest BCUT2D eigenvalue weighted by Crippen LogP contribution is 2.39. The number of aromatic nitrogens is 2. The molecular weight excluding hydrogens is 292 g/mol. The van der Waals surface area contributed by atoms with Crippen molar-refractivity contribution in [3.05, 3.63) is 48.3 Å². The number of nitrogens with zero attached hydrogens (tertiary/aromatic N) is 2. The molecule has 2 heterocycles. The smallest absolute Gasteiger partial charge is 0.179 e. The van der Waals surface area contributed by atoms with E-state index < -0.39 is 0 Å². The van der Waals surface area contributed by atoms with Crippen molar-refractivity contribution in [2.75, 3.05) is 7.11 Å². The van der Waals surface area contributed by atoms with Crippen molar-refractivity contribution < 1.29 is 14.4 Å². The maximum Gasteiger partial charge on any atom is 0.179 e. The molecule has 0 aliphatic carbocycles. The number of methoxy groups -OCH3 is 1. The first-order valence-corrected chi connectivity index (χ1v) is 7.51. The molecule has 3 rings (SSSR count). The molecule has 0 spiro atoms. The van der Waals surface area contributed by atoms with E-state index in [2.05, 4.69) is 17.1 Å². The van der Waals surface area contributed by atoms with Gasteiger partial charge in [0.2, 0.25) is 0 Å². The lowest BCUT2D eigenvalue weighted by Crippen LogP contribution is -1.94. The van der Waals surface area contributed by atoms with Gasteiger partial charge in [-0.25, -0.2) is 0 Å². The molecule has 23 heavy (non-hydrogen) atoms. The molecule has 0 atom stereocenters. The third kappa shape index (κ3) is 2.90. The van der Waals surface area contributed by atoms with E-state index in [1.165, 1.54) is 0 Å². The first kappa shape index (κ1) is 15.1. The van der Waals surface area contributed by atoms with Gasteiger partial charge >= 0.3 is 0 Å². The van der Waals surface area contributed by atoms with Gasteiger partial charge in [0.1, 0.15) is 11.5 Å². The molecule has 0 bridgehead atoms. The quantitative estimate of drug-likeness (QED) is 0.769. The van der Waals surface area contributed by atoms with Gasteiger partial charge in [-0.05, 0) is 30.2 Å². The Labute approximate surface area is 134 Å². The molecule has 0 aliphatic heterocycles. The number of phenolic OH excluding ortho intramolecular Hbond substituents is 1. The lowest BCUT2D eigenvalue weighted by molar-refractivity contribution is 0.400. The molecule has 118 valence electrons. The Morgan fingerprint density at radius 1 is 1.22 bits per heavy atom. The summed E-state index contributed by atoms with van der Waals surface area (Å²) in [5.41, 5.74) is 3.10. The summed E-state index contributed by atoms with van der Waals surface area (Å²) in [4.78, 5) is 4.32. The van der Waals surface area contributed by atoms with Crippen LogP contribution in [0.15, 0.2) is 47.2 Å². The summed E-state index contributed by atoms with van der Waals surface area (Å²) < 4.78 is 10.7. The summed E-state index contributed by atoms with van der Waals surface area (Å²) in [5.74, 6) is 1.27. The number of ether oxygens (including phenoxy) is 1. The van der Waals surface area contributed by atoms with Gasteiger partial charge in [0.05, 0.1) is 30.1 Å². The van der Waals surface area contributed by atoms with Crippen molar-refractivity contribution in [3.8, 4) is 34.1 Å². The van der Waals surface area contributed by atoms with E-state index in [0.29, 0.717) is 17.1 Å². The molecule has 0 saturated heterocycles. The van der Waals surface area contributed by atoms with E-state index in [1.54, 1.807) is 25.6 Å². The fourth-order valence-corrected chi connectivity index (χ4v) is 2.59. The highest BCUT2D eigenvalue weighted by Gasteiger charge is 2.19. The predicted molar refractivity (Wildman–Crippen MR) is 87.4 cm³/mol. The van der Waals surface area contributed by atoms with Gasteiger partial charge in [-0.1, -0.05) is 24.6 Å². The molecule has 0 unspecified atom stereocenters. The lowest BCUT2D eigenvalue weighted by atomic mass is 10.00. The average Bonchev–Trinajstić information content (AvgIpc) is 3.06. The second-order valence-corrected chi connectivity index (χ2v) is 5.21. The van der Waals surface area contributed by atoms with Crippen molar-refractivity contribution in [1.29, 1.82) is 0 Å². The minimum atomic E-state index is 0.0932. The summed E-state index contributed by atoms with van der Waals surface area (Å²) in [6.45, 7) is 2.10. The molecular formula is C18H18N2O3. The van der Waals surface area contributed by atoms with Gasteiger partial charge in [0, 0.05) is 12.3 Å². The molecule has 2 aromatic heterocycles. The molecule has 0 amide bonds. The van der Waals surface area contributed by atoms with Crippen molar-refractivity contribution in [2.45, 2.75) is 19.8 Å². The molecule has 5 nitrogen and oxygen atoms in total. The highest BCUT2D eigenvalue weighted by atomic mass is 16.5. The first-order chi connectivity index (χ1) is 11.2. The zero-order chi connectivity index (χ0) is 16.2. The van der Waals surface area contributed by atoms with Crippen molar-refractivity contribution in [2.24, 2.45) is 0 Å².